The Kier molecular flexibility index (Phi) is 6.24. The number of hydrogen-bond donors (Lipinski definition) is 3. The molecular formula is C17H15BrFN3O3. The topological polar surface area (TPSA) is 90.8 Å². The maximum Gasteiger partial charge on any atom is 0.259 e. The van der Waals surface area contributed by atoms with Crippen LogP contribution < -0.4 is 10.7 Å². The van der Waals surface area contributed by atoms with Crippen LogP contribution in [-0.4, -0.2) is 29.7 Å². The van der Waals surface area contributed by atoms with E-state index in [4.69, 9.17) is 0 Å². The molecule has 0 saturated heterocycles. The van der Waals surface area contributed by atoms with Crippen molar-refractivity contribution in [3.8, 4) is 5.75 Å². The molecular weight excluding hydrogens is 393 g/mol. The van der Waals surface area contributed by atoms with Gasteiger partial charge >= 0.3 is 0 Å². The summed E-state index contributed by atoms with van der Waals surface area (Å²) in [6.45, 7) is 1.41. The van der Waals surface area contributed by atoms with Gasteiger partial charge in [0.05, 0.1) is 12.8 Å². The summed E-state index contributed by atoms with van der Waals surface area (Å²) in [4.78, 5) is 23.5. The molecule has 3 N–H and O–H groups in total. The molecule has 0 spiro atoms. The lowest BCUT2D eigenvalue weighted by Gasteiger charge is -2.05. The van der Waals surface area contributed by atoms with Gasteiger partial charge in [0.15, 0.2) is 0 Å². The van der Waals surface area contributed by atoms with E-state index in [1.54, 1.807) is 19.1 Å². The van der Waals surface area contributed by atoms with Gasteiger partial charge in [0.1, 0.15) is 11.6 Å². The maximum atomic E-state index is 13.0. The molecule has 130 valence electrons. The Labute approximate surface area is 151 Å². The number of aryl methyl sites for hydroxylation is 1. The number of benzene rings is 2. The molecule has 0 aromatic heterocycles. The van der Waals surface area contributed by atoms with Crippen LogP contribution in [0.3, 0.4) is 0 Å². The number of phenolic OH excluding ortho intramolecular Hbond substituents is 1. The third kappa shape index (κ3) is 5.39. The molecule has 2 aromatic rings. The minimum absolute atomic E-state index is 0.0561. The predicted molar refractivity (Wildman–Crippen MR) is 95.0 cm³/mol. The van der Waals surface area contributed by atoms with E-state index < -0.39 is 17.6 Å². The van der Waals surface area contributed by atoms with Crippen LogP contribution in [0.2, 0.25) is 0 Å². The van der Waals surface area contributed by atoms with E-state index in [0.29, 0.717) is 11.1 Å². The first-order valence-electron chi connectivity index (χ1n) is 7.21. The van der Waals surface area contributed by atoms with Crippen molar-refractivity contribution in [1.82, 2.24) is 10.7 Å². The fraction of sp³-hybridized carbons (Fsp3) is 0.118. The summed E-state index contributed by atoms with van der Waals surface area (Å²) < 4.78 is 13.8. The van der Waals surface area contributed by atoms with Crippen molar-refractivity contribution in [2.45, 2.75) is 6.92 Å². The number of carbonyl (C=O) groups is 2. The van der Waals surface area contributed by atoms with Crippen molar-refractivity contribution in [3.05, 3.63) is 63.4 Å². The number of carbonyl (C=O) groups excluding carboxylic acids is 2. The fourth-order valence-electron chi connectivity index (χ4n) is 1.97. The summed E-state index contributed by atoms with van der Waals surface area (Å²) >= 11 is 3.30. The average molecular weight is 408 g/mol. The Balaban J connectivity index is 1.88. The second-order valence-corrected chi connectivity index (χ2v) is 6.06. The maximum absolute atomic E-state index is 13.0. The molecule has 2 aromatic carbocycles. The number of amides is 2. The highest BCUT2D eigenvalue weighted by Crippen LogP contribution is 2.25. The van der Waals surface area contributed by atoms with Gasteiger partial charge < -0.3 is 10.4 Å². The summed E-state index contributed by atoms with van der Waals surface area (Å²) in [6, 6.07) is 8.52. The molecule has 0 aliphatic carbocycles. The minimum atomic E-state index is -0.570. The van der Waals surface area contributed by atoms with E-state index in [1.807, 2.05) is 0 Å². The Morgan fingerprint density at radius 2 is 2.08 bits per heavy atom. The largest absolute Gasteiger partial charge is 0.507 e. The van der Waals surface area contributed by atoms with Crippen molar-refractivity contribution >= 4 is 34.0 Å². The fourth-order valence-corrected chi connectivity index (χ4v) is 2.56. The summed E-state index contributed by atoms with van der Waals surface area (Å²) in [7, 11) is 0. The monoisotopic (exact) mass is 407 g/mol. The lowest BCUT2D eigenvalue weighted by Crippen LogP contribution is -2.34. The first kappa shape index (κ1) is 18.6. The first-order valence-corrected chi connectivity index (χ1v) is 8.01. The second kappa shape index (κ2) is 8.39. The number of aromatic hydroxyl groups is 1. The minimum Gasteiger partial charge on any atom is -0.507 e. The standard InChI is InChI=1S/C17H15BrFN3O3/c1-10-5-13(18)6-12(16(10)24)8-21-22-15(23)9-20-17(25)11-3-2-4-14(19)7-11/h2-8,24H,9H2,1H3,(H,20,25)(H,22,23)/b21-8-. The van der Waals surface area contributed by atoms with Gasteiger partial charge in [-0.3, -0.25) is 9.59 Å². The summed E-state index contributed by atoms with van der Waals surface area (Å²) in [6.07, 6.45) is 1.29. The molecule has 2 amide bonds. The van der Waals surface area contributed by atoms with Gasteiger partial charge in [-0.1, -0.05) is 22.0 Å². The molecule has 0 radical (unpaired) electrons. The molecule has 0 aliphatic rings. The van der Waals surface area contributed by atoms with E-state index >= 15 is 0 Å². The Morgan fingerprint density at radius 1 is 1.32 bits per heavy atom. The van der Waals surface area contributed by atoms with Gasteiger partial charge in [0, 0.05) is 15.6 Å². The number of hydrazone groups is 1. The number of hydrogen-bond acceptors (Lipinski definition) is 4. The van der Waals surface area contributed by atoms with Crippen molar-refractivity contribution in [2.75, 3.05) is 6.54 Å². The molecule has 0 unspecified atom stereocenters. The SMILES string of the molecule is Cc1cc(Br)cc(/C=N\NC(=O)CNC(=O)c2cccc(F)c2)c1O. The highest BCUT2D eigenvalue weighted by molar-refractivity contribution is 9.10. The summed E-state index contributed by atoms with van der Waals surface area (Å²) in [5, 5.41) is 16.0. The van der Waals surface area contributed by atoms with Crippen molar-refractivity contribution in [3.63, 3.8) is 0 Å². The van der Waals surface area contributed by atoms with E-state index in [2.05, 4.69) is 31.8 Å². The van der Waals surface area contributed by atoms with Crippen LogP contribution >= 0.6 is 15.9 Å². The zero-order valence-electron chi connectivity index (χ0n) is 13.2. The zero-order chi connectivity index (χ0) is 18.4. The highest BCUT2D eigenvalue weighted by atomic mass is 79.9. The quantitative estimate of drug-likeness (QED) is 0.525. The predicted octanol–water partition coefficient (Wildman–Crippen LogP) is 2.48. The third-order valence-electron chi connectivity index (χ3n) is 3.18. The molecule has 2 rings (SSSR count). The molecule has 0 bridgehead atoms. The van der Waals surface area contributed by atoms with Crippen molar-refractivity contribution in [1.29, 1.82) is 0 Å². The van der Waals surface area contributed by atoms with Crippen molar-refractivity contribution < 1.29 is 19.1 Å². The van der Waals surface area contributed by atoms with Crippen LogP contribution in [0.15, 0.2) is 46.0 Å². The van der Waals surface area contributed by atoms with E-state index in [0.717, 1.165) is 10.5 Å². The molecule has 25 heavy (non-hydrogen) atoms. The smallest absolute Gasteiger partial charge is 0.259 e. The molecule has 0 fully saturated rings. The molecule has 0 atom stereocenters. The lowest BCUT2D eigenvalue weighted by molar-refractivity contribution is -0.120. The first-order chi connectivity index (χ1) is 11.9. The summed E-state index contributed by atoms with van der Waals surface area (Å²) in [5.74, 6) is -1.61. The molecule has 0 aliphatic heterocycles. The van der Waals surface area contributed by atoms with Gasteiger partial charge in [0.2, 0.25) is 0 Å². The molecule has 0 saturated carbocycles. The number of rotatable bonds is 5. The van der Waals surface area contributed by atoms with Crippen LogP contribution in [0, 0.1) is 12.7 Å². The van der Waals surface area contributed by atoms with Gasteiger partial charge in [0.25, 0.3) is 11.8 Å². The lowest BCUT2D eigenvalue weighted by atomic mass is 10.1. The van der Waals surface area contributed by atoms with Crippen LogP contribution in [-0.2, 0) is 4.79 Å². The van der Waals surface area contributed by atoms with Crippen LogP contribution in [0.4, 0.5) is 4.39 Å². The number of nitrogens with zero attached hydrogens (tertiary/aromatic N) is 1. The van der Waals surface area contributed by atoms with Crippen LogP contribution in [0.1, 0.15) is 21.5 Å². The zero-order valence-corrected chi connectivity index (χ0v) is 14.8. The molecule has 8 heteroatoms. The van der Waals surface area contributed by atoms with Gasteiger partial charge in [-0.15, -0.1) is 0 Å². The van der Waals surface area contributed by atoms with Crippen LogP contribution in [0.25, 0.3) is 0 Å². The Morgan fingerprint density at radius 3 is 2.80 bits per heavy atom. The number of nitrogens with one attached hydrogen (secondary N) is 2. The molecule has 6 nitrogen and oxygen atoms in total. The highest BCUT2D eigenvalue weighted by Gasteiger charge is 2.08. The van der Waals surface area contributed by atoms with E-state index in [9.17, 15) is 19.1 Å². The molecule has 0 heterocycles. The normalized spacial score (nSPS) is 10.7. The van der Waals surface area contributed by atoms with Gasteiger partial charge in [-0.05, 0) is 42.8 Å². The number of halogens is 2. The second-order valence-electron chi connectivity index (χ2n) is 5.15. The third-order valence-corrected chi connectivity index (χ3v) is 3.64. The summed E-state index contributed by atoms with van der Waals surface area (Å²) in [5.41, 5.74) is 3.43. The van der Waals surface area contributed by atoms with Crippen LogP contribution in [0.5, 0.6) is 5.75 Å². The average Bonchev–Trinajstić information content (AvgIpc) is 2.57. The van der Waals surface area contributed by atoms with E-state index in [-0.39, 0.29) is 17.9 Å². The number of phenols is 1. The Hall–Kier alpha value is -2.74. The van der Waals surface area contributed by atoms with Crippen molar-refractivity contribution in [2.24, 2.45) is 5.10 Å². The van der Waals surface area contributed by atoms with Gasteiger partial charge in [-0.25, -0.2) is 9.82 Å². The van der Waals surface area contributed by atoms with E-state index in [1.165, 1.54) is 24.4 Å². The van der Waals surface area contributed by atoms with Gasteiger partial charge in [-0.2, -0.15) is 5.10 Å². The Bertz CT molecular complexity index is 840.